The summed E-state index contributed by atoms with van der Waals surface area (Å²) in [5.41, 5.74) is 0. The minimum Gasteiger partial charge on any atom is -0.431 e. The van der Waals surface area contributed by atoms with E-state index in [1.807, 2.05) is 22.6 Å². The van der Waals surface area contributed by atoms with E-state index in [-0.39, 0.29) is 5.75 Å². The number of halogens is 5. The third-order valence-electron chi connectivity index (χ3n) is 1.21. The molecule has 0 saturated heterocycles. The standard InChI is InChI=1S/C7H3F3I2O/c8-3-1-2-4(11)5(12)6(3)13-7(9)10/h1-2,7H. The van der Waals surface area contributed by atoms with Crippen molar-refractivity contribution in [2.45, 2.75) is 6.61 Å². The number of rotatable bonds is 2. The number of benzene rings is 1. The summed E-state index contributed by atoms with van der Waals surface area (Å²) in [4.78, 5) is 0. The monoisotopic (exact) mass is 414 g/mol. The number of ether oxygens (including phenoxy) is 1. The number of alkyl halides is 2. The summed E-state index contributed by atoms with van der Waals surface area (Å²) in [5, 5.41) is 0. The summed E-state index contributed by atoms with van der Waals surface area (Å²) in [6.07, 6.45) is 0. The van der Waals surface area contributed by atoms with Gasteiger partial charge in [0.15, 0.2) is 11.6 Å². The minimum atomic E-state index is -3.00. The molecular formula is C7H3F3I2O. The average Bonchev–Trinajstić information content (AvgIpc) is 2.05. The Hall–Kier alpha value is 0.270. The van der Waals surface area contributed by atoms with Crippen LogP contribution in [0.1, 0.15) is 0 Å². The third kappa shape index (κ3) is 2.86. The predicted molar refractivity (Wildman–Crippen MR) is 58.5 cm³/mol. The summed E-state index contributed by atoms with van der Waals surface area (Å²) in [6, 6.07) is 2.59. The van der Waals surface area contributed by atoms with E-state index in [0.29, 0.717) is 7.14 Å². The lowest BCUT2D eigenvalue weighted by Crippen LogP contribution is -2.06. The van der Waals surface area contributed by atoms with Crippen molar-refractivity contribution in [3.8, 4) is 5.75 Å². The Kier molecular flexibility index (Phi) is 4.07. The van der Waals surface area contributed by atoms with E-state index in [2.05, 4.69) is 4.74 Å². The Morgan fingerprint density at radius 2 is 1.85 bits per heavy atom. The molecule has 0 fully saturated rings. The van der Waals surface area contributed by atoms with Gasteiger partial charge in [0.25, 0.3) is 0 Å². The Morgan fingerprint density at radius 1 is 1.23 bits per heavy atom. The molecule has 13 heavy (non-hydrogen) atoms. The Balaban J connectivity index is 3.10. The van der Waals surface area contributed by atoms with Crippen LogP contribution in [-0.4, -0.2) is 6.61 Å². The largest absolute Gasteiger partial charge is 0.431 e. The van der Waals surface area contributed by atoms with Crippen LogP contribution in [0.4, 0.5) is 13.2 Å². The van der Waals surface area contributed by atoms with Gasteiger partial charge in [0.1, 0.15) is 0 Å². The van der Waals surface area contributed by atoms with Crippen molar-refractivity contribution in [3.63, 3.8) is 0 Å². The van der Waals surface area contributed by atoms with Gasteiger partial charge in [-0.05, 0) is 57.3 Å². The smallest absolute Gasteiger partial charge is 0.387 e. The minimum absolute atomic E-state index is 0.360. The molecule has 0 bridgehead atoms. The predicted octanol–water partition coefficient (Wildman–Crippen LogP) is 3.64. The molecule has 0 aromatic heterocycles. The molecule has 1 aromatic rings. The molecule has 1 aromatic carbocycles. The van der Waals surface area contributed by atoms with E-state index >= 15 is 0 Å². The Morgan fingerprint density at radius 3 is 2.38 bits per heavy atom. The zero-order valence-corrected chi connectivity index (χ0v) is 10.3. The first-order chi connectivity index (χ1) is 6.02. The lowest BCUT2D eigenvalue weighted by molar-refractivity contribution is -0.0528. The van der Waals surface area contributed by atoms with Crippen LogP contribution >= 0.6 is 45.2 Å². The van der Waals surface area contributed by atoms with E-state index in [1.54, 1.807) is 22.6 Å². The summed E-state index contributed by atoms with van der Waals surface area (Å²) in [7, 11) is 0. The maximum atomic E-state index is 12.9. The van der Waals surface area contributed by atoms with Crippen molar-refractivity contribution in [2.24, 2.45) is 0 Å². The quantitative estimate of drug-likeness (QED) is 0.531. The second-order valence-electron chi connectivity index (χ2n) is 2.05. The third-order valence-corrected chi connectivity index (χ3v) is 4.21. The number of hydrogen-bond acceptors (Lipinski definition) is 1. The van der Waals surface area contributed by atoms with Gasteiger partial charge in [0.05, 0.1) is 3.57 Å². The van der Waals surface area contributed by atoms with Crippen LogP contribution in [0, 0.1) is 13.0 Å². The van der Waals surface area contributed by atoms with Crippen LogP contribution in [0.15, 0.2) is 12.1 Å². The van der Waals surface area contributed by atoms with Crippen molar-refractivity contribution in [1.29, 1.82) is 0 Å². The normalized spacial score (nSPS) is 10.6. The zero-order valence-electron chi connectivity index (χ0n) is 6.03. The van der Waals surface area contributed by atoms with Gasteiger partial charge in [0, 0.05) is 3.57 Å². The Bertz CT molecular complexity index is 317. The van der Waals surface area contributed by atoms with Crippen molar-refractivity contribution < 1.29 is 17.9 Å². The Labute approximate surface area is 99.9 Å². The molecule has 6 heteroatoms. The van der Waals surface area contributed by atoms with Crippen molar-refractivity contribution in [2.75, 3.05) is 0 Å². The average molecular weight is 414 g/mol. The van der Waals surface area contributed by atoms with Crippen molar-refractivity contribution >= 4 is 45.2 Å². The molecule has 0 radical (unpaired) electrons. The molecule has 0 unspecified atom stereocenters. The van der Waals surface area contributed by atoms with E-state index in [9.17, 15) is 13.2 Å². The summed E-state index contributed by atoms with van der Waals surface area (Å²) < 4.78 is 41.6. The molecule has 0 aliphatic rings. The van der Waals surface area contributed by atoms with Crippen LogP contribution < -0.4 is 4.74 Å². The second kappa shape index (κ2) is 4.67. The van der Waals surface area contributed by atoms with Crippen LogP contribution in [0.5, 0.6) is 5.75 Å². The van der Waals surface area contributed by atoms with Gasteiger partial charge in [-0.2, -0.15) is 8.78 Å². The highest BCUT2D eigenvalue weighted by atomic mass is 127. The highest BCUT2D eigenvalue weighted by molar-refractivity contribution is 14.1. The van der Waals surface area contributed by atoms with Crippen LogP contribution in [-0.2, 0) is 0 Å². The first-order valence-corrected chi connectivity index (χ1v) is 5.26. The summed E-state index contributed by atoms with van der Waals surface area (Å²) >= 11 is 3.67. The fraction of sp³-hybridized carbons (Fsp3) is 0.143. The molecular weight excluding hydrogens is 411 g/mol. The van der Waals surface area contributed by atoms with Gasteiger partial charge in [-0.25, -0.2) is 4.39 Å². The highest BCUT2D eigenvalue weighted by Gasteiger charge is 2.15. The summed E-state index contributed by atoms with van der Waals surface area (Å²) in [5.74, 6) is -1.16. The van der Waals surface area contributed by atoms with E-state index < -0.39 is 12.4 Å². The second-order valence-corrected chi connectivity index (χ2v) is 4.29. The molecule has 72 valence electrons. The van der Waals surface area contributed by atoms with E-state index in [1.165, 1.54) is 6.07 Å². The van der Waals surface area contributed by atoms with Crippen LogP contribution in [0.3, 0.4) is 0 Å². The SMILES string of the molecule is Fc1ccc(I)c(I)c1OC(F)F. The van der Waals surface area contributed by atoms with Gasteiger partial charge in [0.2, 0.25) is 0 Å². The van der Waals surface area contributed by atoms with Gasteiger partial charge >= 0.3 is 6.61 Å². The van der Waals surface area contributed by atoms with Gasteiger partial charge < -0.3 is 4.74 Å². The molecule has 1 nitrogen and oxygen atoms in total. The van der Waals surface area contributed by atoms with Crippen LogP contribution in [0.2, 0.25) is 0 Å². The fourth-order valence-electron chi connectivity index (χ4n) is 0.706. The maximum Gasteiger partial charge on any atom is 0.387 e. The molecule has 0 aliphatic carbocycles. The molecule has 0 aliphatic heterocycles. The molecule has 0 atom stereocenters. The van der Waals surface area contributed by atoms with Gasteiger partial charge in [-0.1, -0.05) is 0 Å². The number of hydrogen-bond donors (Lipinski definition) is 0. The molecule has 0 spiro atoms. The molecule has 0 saturated carbocycles. The molecule has 0 heterocycles. The van der Waals surface area contributed by atoms with Crippen LogP contribution in [0.25, 0.3) is 0 Å². The molecule has 0 N–H and O–H groups in total. The topological polar surface area (TPSA) is 9.23 Å². The van der Waals surface area contributed by atoms with Gasteiger partial charge in [-0.15, -0.1) is 0 Å². The first kappa shape index (κ1) is 11.3. The lowest BCUT2D eigenvalue weighted by Gasteiger charge is -2.08. The molecule has 1 rings (SSSR count). The van der Waals surface area contributed by atoms with E-state index in [4.69, 9.17) is 0 Å². The highest BCUT2D eigenvalue weighted by Crippen LogP contribution is 2.29. The van der Waals surface area contributed by atoms with Crippen molar-refractivity contribution in [3.05, 3.63) is 25.1 Å². The zero-order chi connectivity index (χ0) is 10.0. The molecule has 0 amide bonds. The van der Waals surface area contributed by atoms with Crippen molar-refractivity contribution in [1.82, 2.24) is 0 Å². The maximum absolute atomic E-state index is 12.9. The lowest BCUT2D eigenvalue weighted by atomic mass is 10.3. The summed E-state index contributed by atoms with van der Waals surface area (Å²) in [6.45, 7) is -3.00. The fourth-order valence-corrected chi connectivity index (χ4v) is 1.69. The van der Waals surface area contributed by atoms with E-state index in [0.717, 1.165) is 6.07 Å². The van der Waals surface area contributed by atoms with Gasteiger partial charge in [-0.3, -0.25) is 0 Å². The first-order valence-electron chi connectivity index (χ1n) is 3.10.